The van der Waals surface area contributed by atoms with Crippen molar-refractivity contribution in [3.63, 3.8) is 0 Å². The van der Waals surface area contributed by atoms with Crippen molar-refractivity contribution in [2.24, 2.45) is 35.5 Å². The molecule has 74 heavy (non-hydrogen) atoms. The number of allylic oxidation sites excluding steroid dienone is 6. The lowest BCUT2D eigenvalue weighted by Gasteiger charge is -2.42. The fourth-order valence-corrected chi connectivity index (χ4v) is 11.0. The third-order valence-electron chi connectivity index (χ3n) is 15.4. The second-order valence-corrected chi connectivity index (χ2v) is 23.2. The van der Waals surface area contributed by atoms with Gasteiger partial charge >= 0.3 is 22.3 Å². The van der Waals surface area contributed by atoms with Gasteiger partial charge in [0.25, 0.3) is 11.7 Å². The lowest BCUT2D eigenvalue weighted by Crippen LogP contribution is -2.61. The summed E-state index contributed by atoms with van der Waals surface area (Å²) in [5.74, 6) is -8.83. The number of aliphatic hydroxyl groups excluding tert-OH is 1. The number of nitrogens with one attached hydrogen (secondary N) is 1. The van der Waals surface area contributed by atoms with E-state index in [9.17, 15) is 47.4 Å². The van der Waals surface area contributed by atoms with Gasteiger partial charge in [0.1, 0.15) is 36.2 Å². The van der Waals surface area contributed by atoms with Gasteiger partial charge in [-0.15, -0.1) is 0 Å². The van der Waals surface area contributed by atoms with Crippen LogP contribution in [0.3, 0.4) is 0 Å². The number of hydrogen-bond acceptors (Lipinski definition) is 16. The number of ether oxygens (including phenoxy) is 6. The number of esters is 1. The summed E-state index contributed by atoms with van der Waals surface area (Å²) < 4.78 is 62.3. The van der Waals surface area contributed by atoms with Gasteiger partial charge in [0, 0.05) is 72.6 Å². The molecule has 19 nitrogen and oxygen atoms in total. The van der Waals surface area contributed by atoms with E-state index in [2.05, 4.69) is 0 Å². The average Bonchev–Trinajstić information content (AvgIpc) is 3.35. The van der Waals surface area contributed by atoms with Crippen molar-refractivity contribution in [3.05, 3.63) is 47.6 Å². The van der Waals surface area contributed by atoms with Crippen LogP contribution in [-0.2, 0) is 62.6 Å². The number of nitrogens with zero attached hydrogens (tertiary/aromatic N) is 2. The number of aliphatic hydroxyl groups is 2. The molecule has 0 radical (unpaired) electrons. The Morgan fingerprint density at radius 1 is 0.892 bits per heavy atom. The summed E-state index contributed by atoms with van der Waals surface area (Å²) >= 11 is 0. The van der Waals surface area contributed by atoms with E-state index < -0.39 is 112 Å². The van der Waals surface area contributed by atoms with Crippen molar-refractivity contribution >= 4 is 45.5 Å². The lowest BCUT2D eigenvalue weighted by molar-refractivity contribution is -0.265. The highest BCUT2D eigenvalue weighted by Gasteiger charge is 2.53. The number of amides is 2. The highest BCUT2D eigenvalue weighted by molar-refractivity contribution is 7.87. The van der Waals surface area contributed by atoms with Crippen molar-refractivity contribution in [1.29, 1.82) is 0 Å². The zero-order valence-corrected chi connectivity index (χ0v) is 46.5. The Morgan fingerprint density at radius 3 is 2.24 bits per heavy atom. The highest BCUT2D eigenvalue weighted by atomic mass is 32.2. The van der Waals surface area contributed by atoms with E-state index in [-0.39, 0.29) is 49.2 Å². The lowest BCUT2D eigenvalue weighted by atomic mass is 9.78. The molecule has 15 atom stereocenters. The van der Waals surface area contributed by atoms with Crippen LogP contribution in [0.2, 0.25) is 0 Å². The molecule has 1 saturated carbocycles. The van der Waals surface area contributed by atoms with Gasteiger partial charge in [0.2, 0.25) is 5.79 Å². The van der Waals surface area contributed by atoms with Gasteiger partial charge < -0.3 is 43.5 Å². The van der Waals surface area contributed by atoms with Crippen LogP contribution in [0.5, 0.6) is 0 Å². The summed E-state index contributed by atoms with van der Waals surface area (Å²) in [4.78, 5) is 85.0. The summed E-state index contributed by atoms with van der Waals surface area (Å²) in [7, 11) is 2.80. The topological polar surface area (TPSA) is 251 Å². The number of rotatable bonds is 9. The Balaban J connectivity index is 1.68. The van der Waals surface area contributed by atoms with Crippen molar-refractivity contribution < 1.29 is 75.8 Å². The number of carbonyl (C=O) groups is 6. The normalized spacial score (nSPS) is 36.0. The van der Waals surface area contributed by atoms with Crippen LogP contribution in [0.25, 0.3) is 0 Å². The first kappa shape index (κ1) is 62.4. The number of Topliss-reactive ketones (excluding diaryl/α,β-unsaturated/α-hetero) is 3. The molecule has 0 spiro atoms. The maximum Gasteiger partial charge on any atom is 0.422 e. The van der Waals surface area contributed by atoms with Crippen LogP contribution in [0.4, 0.5) is 4.79 Å². The molecule has 0 aromatic heterocycles. The van der Waals surface area contributed by atoms with E-state index in [1.165, 1.54) is 28.3 Å². The van der Waals surface area contributed by atoms with E-state index in [0.29, 0.717) is 63.4 Å². The minimum atomic E-state index is -4.10. The summed E-state index contributed by atoms with van der Waals surface area (Å²) in [5.41, 5.74) is 1.19. The van der Waals surface area contributed by atoms with E-state index in [0.717, 1.165) is 14.8 Å². The van der Waals surface area contributed by atoms with Crippen molar-refractivity contribution in [2.75, 3.05) is 42.0 Å². The number of methoxy groups -OCH3 is 3. The number of cyclic esters (lactones) is 1. The third-order valence-corrected chi connectivity index (χ3v) is 16.8. The minimum absolute atomic E-state index is 0.0142. The molecule has 4 aliphatic rings. The molecule has 2 bridgehead atoms. The van der Waals surface area contributed by atoms with Gasteiger partial charge in [-0.1, -0.05) is 71.1 Å². The molecule has 3 N–H and O–H groups in total. The number of piperidine rings is 1. The number of hydrogen-bond donors (Lipinski definition) is 3. The van der Waals surface area contributed by atoms with Crippen molar-refractivity contribution in [1.82, 2.24) is 13.9 Å². The summed E-state index contributed by atoms with van der Waals surface area (Å²) in [6.45, 7) is 12.4. The summed E-state index contributed by atoms with van der Waals surface area (Å²) in [6, 6.07) is -1.22. The number of fused-ring (bicyclic) bond motifs is 3. The van der Waals surface area contributed by atoms with Crippen LogP contribution in [0.15, 0.2) is 47.6 Å². The second kappa shape index (κ2) is 28.3. The van der Waals surface area contributed by atoms with Crippen LogP contribution in [0.1, 0.15) is 126 Å². The Labute approximate surface area is 439 Å². The second-order valence-electron chi connectivity index (χ2n) is 21.4. The molecule has 3 heterocycles. The molecule has 2 amide bonds. The minimum Gasteiger partial charge on any atom is -0.460 e. The van der Waals surface area contributed by atoms with E-state index >= 15 is 0 Å². The monoisotopic (exact) mass is 1060 g/mol. The van der Waals surface area contributed by atoms with Gasteiger partial charge in [-0.05, 0) is 107 Å². The molecule has 0 aromatic rings. The highest BCUT2D eigenvalue weighted by Crippen LogP contribution is 2.38. The molecule has 0 unspecified atom stereocenters. The van der Waals surface area contributed by atoms with Crippen LogP contribution >= 0.6 is 0 Å². The molecule has 3 fully saturated rings. The van der Waals surface area contributed by atoms with Gasteiger partial charge in [0.05, 0.1) is 18.3 Å². The Bertz CT molecular complexity index is 2190. The first-order valence-electron chi connectivity index (χ1n) is 26.2. The first-order valence-corrected chi connectivity index (χ1v) is 27.6. The van der Waals surface area contributed by atoms with Gasteiger partial charge in [0.15, 0.2) is 5.78 Å². The van der Waals surface area contributed by atoms with Gasteiger partial charge in [-0.2, -0.15) is 12.7 Å². The first-order chi connectivity index (χ1) is 34.8. The van der Waals surface area contributed by atoms with E-state index in [4.69, 9.17) is 28.4 Å². The smallest absolute Gasteiger partial charge is 0.422 e. The number of carbonyl (C=O) groups excluding carboxylic acids is 6. The Hall–Kier alpha value is -4.15. The quantitative estimate of drug-likeness (QED) is 0.142. The molecular formula is C54H85N3O16S. The zero-order valence-electron chi connectivity index (χ0n) is 45.7. The van der Waals surface area contributed by atoms with Gasteiger partial charge in [-0.3, -0.25) is 19.2 Å². The van der Waals surface area contributed by atoms with Crippen LogP contribution in [-0.4, -0.2) is 160 Å². The zero-order chi connectivity index (χ0) is 55.2. The Kier molecular flexibility index (Phi) is 23.9. The third kappa shape index (κ3) is 16.7. The fraction of sp³-hybridized carbons (Fsp3) is 0.741. The summed E-state index contributed by atoms with van der Waals surface area (Å²) in [5, 5.41) is 23.5. The SMILES string of the molecule is CO[C@H]1C[C@@H]2CC[C@@H](C)[C@@](O)(O2)C(=O)C(=O)N2CCCC[C@H]2C(=O)O[C@H]([C@H](C)C[C@@H]2CC[C@@H](OC(=O)NS(=O)(=O)N(C)C)[C@H](OC)C2)CC(=O)[C@H](C)/C=C(\C)[C@@H](O)[C@@H](OC)C(=O)[C@H](C)C[C@H](C)/C=C/C=CC=C1C. The van der Waals surface area contributed by atoms with Crippen LogP contribution in [0, 0.1) is 35.5 Å². The largest absolute Gasteiger partial charge is 0.460 e. The van der Waals surface area contributed by atoms with Crippen LogP contribution < -0.4 is 4.72 Å². The maximum atomic E-state index is 14.5. The van der Waals surface area contributed by atoms with Crippen molar-refractivity contribution in [2.45, 2.75) is 180 Å². The van der Waals surface area contributed by atoms with E-state index in [1.54, 1.807) is 40.9 Å². The number of ketones is 3. The summed E-state index contributed by atoms with van der Waals surface area (Å²) in [6.07, 6.45) is 7.96. The van der Waals surface area contributed by atoms with E-state index in [1.807, 2.05) is 55.9 Å². The molecule has 1 aliphatic carbocycles. The molecule has 418 valence electrons. The average molecular weight is 1060 g/mol. The molecule has 2 saturated heterocycles. The van der Waals surface area contributed by atoms with Gasteiger partial charge in [-0.25, -0.2) is 14.3 Å². The molecule has 20 heteroatoms. The molecule has 4 rings (SSSR count). The predicted octanol–water partition coefficient (Wildman–Crippen LogP) is 5.72. The Morgan fingerprint density at radius 2 is 1.59 bits per heavy atom. The molecule has 3 aliphatic heterocycles. The van der Waals surface area contributed by atoms with Crippen molar-refractivity contribution in [3.8, 4) is 0 Å². The standard InChI is InChI=1S/C54H85N3O16S/c1-32-18-14-13-15-19-33(2)44(68-10)30-40-23-21-38(7)54(65,73-40)50(61)51(62)57-25-17-16-20-41(57)52(63)71-45(31-42(58)34(3)27-37(6)48(60)49(70-12)47(59)36(5)26-32)35(4)28-39-22-24-43(46(29-39)69-11)72-53(64)55-74(66,67)56(8)9/h13-15,18-19,27,32,34-36,38-41,43-46,48-49,60,65H,16-17,20-26,28-31H2,1-12H3,(H,55,64)/b15-13?,18-14+,33-19?,37-27+/t32-,34-,35-,36-,38-,39+,40+,41+,43-,44+,45+,46-,48-,49+,54-/m1/s1. The fourth-order valence-electron chi connectivity index (χ4n) is 10.6. The maximum absolute atomic E-state index is 14.5. The molecule has 0 aromatic carbocycles. The predicted molar refractivity (Wildman–Crippen MR) is 275 cm³/mol. The molecular weight excluding hydrogens is 979 g/mol.